The number of nitrogens with zero attached hydrogens (tertiary/aromatic N) is 2. The molecule has 0 spiro atoms. The van der Waals surface area contributed by atoms with Gasteiger partial charge in [0.2, 0.25) is 0 Å². The molecule has 0 saturated carbocycles. The highest BCUT2D eigenvalue weighted by molar-refractivity contribution is 7.91. The molecule has 0 unspecified atom stereocenters. The van der Waals surface area contributed by atoms with Gasteiger partial charge in [-0.3, -0.25) is 0 Å². The van der Waals surface area contributed by atoms with Gasteiger partial charge in [-0.05, 0) is 42.5 Å². The zero-order chi connectivity index (χ0) is 32.8. The van der Waals surface area contributed by atoms with Crippen molar-refractivity contribution in [3.8, 4) is 0 Å². The average Bonchev–Trinajstić information content (AvgIpc) is 3.59. The first-order valence-corrected chi connectivity index (χ1v) is 13.6. The summed E-state index contributed by atoms with van der Waals surface area (Å²) in [5.74, 6) is 0. The van der Waals surface area contributed by atoms with Crippen LogP contribution >= 0.6 is 0 Å². The SMILES string of the molecule is CS(=O)(=O)c1cc2[nH]c1c(C(F)(F)F)c1ccc([nH]1)c(C(F)(F)F)c1nc(c(C(F)(F)F)c3nc(c2C(F)(F)F)C=C3)C=C1. The van der Waals surface area contributed by atoms with Crippen molar-refractivity contribution >= 4 is 56.2 Å². The molecule has 44 heavy (non-hydrogen) atoms. The first-order chi connectivity index (χ1) is 20.0. The third-order valence-corrected chi connectivity index (χ3v) is 7.48. The number of H-pyrrole nitrogens is 2. The number of aromatic nitrogens is 4. The summed E-state index contributed by atoms with van der Waals surface area (Å²) in [7, 11) is -4.79. The number of fused-ring (bicyclic) bond motifs is 8. The van der Waals surface area contributed by atoms with Crippen molar-refractivity contribution < 1.29 is 61.1 Å². The summed E-state index contributed by atoms with van der Waals surface area (Å²) >= 11 is 0. The Bertz CT molecular complexity index is 2040. The smallest absolute Gasteiger partial charge is 0.354 e. The van der Waals surface area contributed by atoms with Gasteiger partial charge in [0.15, 0.2) is 9.84 Å². The van der Waals surface area contributed by atoms with Crippen LogP contribution in [0.25, 0.3) is 46.4 Å². The van der Waals surface area contributed by atoms with E-state index in [0.29, 0.717) is 42.7 Å². The summed E-state index contributed by atoms with van der Waals surface area (Å²) in [5, 5.41) is 0. The molecule has 2 aliphatic heterocycles. The summed E-state index contributed by atoms with van der Waals surface area (Å²) in [4.78, 5) is 8.97. The fourth-order valence-corrected chi connectivity index (χ4v) is 5.59. The van der Waals surface area contributed by atoms with E-state index in [1.807, 2.05) is 4.98 Å². The lowest BCUT2D eigenvalue weighted by molar-refractivity contribution is -0.138. The number of hydrogen-bond donors (Lipinski definition) is 2. The van der Waals surface area contributed by atoms with Crippen LogP contribution in [0, 0.1) is 0 Å². The minimum atomic E-state index is -5.58. The van der Waals surface area contributed by atoms with E-state index in [-0.39, 0.29) is 6.07 Å². The standard InChI is InChI=1S/C25H12F12N4O2S/c1-44(42,43)16-8-15-19(24(32,33)34)13-5-4-11(39-13)17(22(26,27)28)9-2-3-10(38-9)18(23(29,30)31)12-6-7-14(40-12)20(21(16)41-15)25(35,36)37/h2-8,40-41H,1H3. The van der Waals surface area contributed by atoms with Crippen molar-refractivity contribution in [3.05, 3.63) is 63.2 Å². The lowest BCUT2D eigenvalue weighted by atomic mass is 10.1. The normalized spacial score (nSPS) is 14.5. The third kappa shape index (κ3) is 5.43. The van der Waals surface area contributed by atoms with Gasteiger partial charge in [-0.2, -0.15) is 52.7 Å². The van der Waals surface area contributed by atoms with Gasteiger partial charge in [0.25, 0.3) is 0 Å². The molecule has 0 saturated heterocycles. The van der Waals surface area contributed by atoms with E-state index in [1.165, 1.54) is 0 Å². The molecule has 0 radical (unpaired) electrons. The third-order valence-electron chi connectivity index (χ3n) is 6.36. The van der Waals surface area contributed by atoms with E-state index in [2.05, 4.69) is 9.97 Å². The minimum absolute atomic E-state index is 0.182. The molecule has 2 aliphatic rings. The maximum atomic E-state index is 14.4. The van der Waals surface area contributed by atoms with E-state index >= 15 is 0 Å². The molecular weight excluding hydrogens is 648 g/mol. The average molecular weight is 660 g/mol. The summed E-state index contributed by atoms with van der Waals surface area (Å²) in [6.07, 6.45) is -19.7. The van der Waals surface area contributed by atoms with Crippen molar-refractivity contribution in [2.75, 3.05) is 6.26 Å². The molecule has 3 aromatic heterocycles. The molecule has 0 aliphatic carbocycles. The quantitative estimate of drug-likeness (QED) is 0.178. The van der Waals surface area contributed by atoms with Crippen LogP contribution in [-0.2, 0) is 34.5 Å². The van der Waals surface area contributed by atoms with Gasteiger partial charge in [-0.1, -0.05) is 0 Å². The van der Waals surface area contributed by atoms with Crippen LogP contribution in [0.2, 0.25) is 0 Å². The molecular formula is C25H12F12N4O2S. The summed E-state index contributed by atoms with van der Waals surface area (Å²) in [6.45, 7) is 0. The summed E-state index contributed by atoms with van der Waals surface area (Å²) < 4.78 is 196. The second-order valence-electron chi connectivity index (χ2n) is 9.40. The zero-order valence-corrected chi connectivity index (χ0v) is 22.0. The fourth-order valence-electron chi connectivity index (χ4n) is 4.74. The largest absolute Gasteiger partial charge is 0.420 e. The second-order valence-corrected chi connectivity index (χ2v) is 11.4. The highest BCUT2D eigenvalue weighted by atomic mass is 32.2. The van der Waals surface area contributed by atoms with Gasteiger partial charge < -0.3 is 9.97 Å². The lowest BCUT2D eigenvalue weighted by Gasteiger charge is -2.10. The number of sulfone groups is 1. The van der Waals surface area contributed by atoms with Crippen molar-refractivity contribution in [3.63, 3.8) is 0 Å². The molecule has 8 bridgehead atoms. The number of nitrogens with one attached hydrogen (secondary N) is 2. The van der Waals surface area contributed by atoms with E-state index < -0.39 is 107 Å². The van der Waals surface area contributed by atoms with Crippen LogP contribution in [0.4, 0.5) is 52.7 Å². The Kier molecular flexibility index (Phi) is 6.80. The molecule has 19 heteroatoms. The van der Waals surface area contributed by atoms with E-state index in [4.69, 9.17) is 0 Å². The molecule has 0 aromatic carbocycles. The van der Waals surface area contributed by atoms with Crippen molar-refractivity contribution in [2.24, 2.45) is 0 Å². The number of halogens is 12. The van der Waals surface area contributed by atoms with Gasteiger partial charge in [0, 0.05) is 6.26 Å². The van der Waals surface area contributed by atoms with Crippen molar-refractivity contribution in [1.29, 1.82) is 0 Å². The first-order valence-electron chi connectivity index (χ1n) is 11.7. The Labute approximate surface area is 236 Å². The Morgan fingerprint density at radius 2 is 0.909 bits per heavy atom. The first kappa shape index (κ1) is 31.1. The molecule has 5 heterocycles. The number of hydrogen-bond acceptors (Lipinski definition) is 4. The Morgan fingerprint density at radius 3 is 1.30 bits per heavy atom. The molecule has 3 aromatic rings. The Morgan fingerprint density at radius 1 is 0.545 bits per heavy atom. The second kappa shape index (κ2) is 9.60. The number of aromatic amines is 2. The molecule has 234 valence electrons. The topological polar surface area (TPSA) is 91.5 Å². The Balaban J connectivity index is 2.19. The molecule has 0 amide bonds. The van der Waals surface area contributed by atoms with E-state index in [9.17, 15) is 61.1 Å². The molecule has 6 nitrogen and oxygen atoms in total. The Hall–Kier alpha value is -4.29. The van der Waals surface area contributed by atoms with E-state index in [0.717, 1.165) is 0 Å². The van der Waals surface area contributed by atoms with Crippen LogP contribution in [0.1, 0.15) is 45.0 Å². The summed E-state index contributed by atoms with van der Waals surface area (Å²) in [6, 6.07) is 1.11. The number of alkyl halides is 12. The van der Waals surface area contributed by atoms with Gasteiger partial charge in [0.05, 0.1) is 49.7 Å². The van der Waals surface area contributed by atoms with Crippen molar-refractivity contribution in [1.82, 2.24) is 19.9 Å². The van der Waals surface area contributed by atoms with Gasteiger partial charge >= 0.3 is 24.7 Å². The van der Waals surface area contributed by atoms with Crippen LogP contribution < -0.4 is 0 Å². The van der Waals surface area contributed by atoms with E-state index in [1.54, 1.807) is 4.98 Å². The van der Waals surface area contributed by atoms with Gasteiger partial charge in [-0.25, -0.2) is 18.4 Å². The maximum absolute atomic E-state index is 14.4. The van der Waals surface area contributed by atoms with Crippen LogP contribution in [0.5, 0.6) is 0 Å². The highest BCUT2D eigenvalue weighted by Crippen LogP contribution is 2.44. The predicted molar refractivity (Wildman–Crippen MR) is 132 cm³/mol. The summed E-state index contributed by atoms with van der Waals surface area (Å²) in [5.41, 5.74) is -17.5. The van der Waals surface area contributed by atoms with Crippen LogP contribution in [0.3, 0.4) is 0 Å². The molecule has 5 rings (SSSR count). The molecule has 2 N–H and O–H groups in total. The van der Waals surface area contributed by atoms with Crippen LogP contribution in [-0.4, -0.2) is 34.6 Å². The predicted octanol–water partition coefficient (Wildman–Crippen LogP) is 8.13. The number of rotatable bonds is 1. The van der Waals surface area contributed by atoms with Gasteiger partial charge in [0.1, 0.15) is 22.3 Å². The molecule has 0 atom stereocenters. The van der Waals surface area contributed by atoms with Gasteiger partial charge in [-0.15, -0.1) is 0 Å². The van der Waals surface area contributed by atoms with Crippen LogP contribution in [0.15, 0.2) is 23.1 Å². The molecule has 0 fully saturated rings. The monoisotopic (exact) mass is 660 g/mol. The zero-order valence-electron chi connectivity index (χ0n) is 21.2. The lowest BCUT2D eigenvalue weighted by Crippen LogP contribution is -2.11. The minimum Gasteiger partial charge on any atom is -0.354 e. The van der Waals surface area contributed by atoms with Crippen molar-refractivity contribution in [2.45, 2.75) is 29.6 Å². The highest BCUT2D eigenvalue weighted by Gasteiger charge is 2.43. The maximum Gasteiger partial charge on any atom is 0.420 e. The fraction of sp³-hybridized carbons (Fsp3) is 0.200.